The lowest BCUT2D eigenvalue weighted by atomic mass is 9.89. The van der Waals surface area contributed by atoms with Crippen molar-refractivity contribution in [2.75, 3.05) is 26.2 Å². The van der Waals surface area contributed by atoms with Gasteiger partial charge in [0.15, 0.2) is 0 Å². The van der Waals surface area contributed by atoms with E-state index in [1.54, 1.807) is 6.07 Å². The van der Waals surface area contributed by atoms with E-state index in [2.05, 4.69) is 20.4 Å². The molecule has 0 bridgehead atoms. The van der Waals surface area contributed by atoms with Crippen LogP contribution in [0.1, 0.15) is 67.0 Å². The number of primary amides is 1. The molecule has 138 valence electrons. The number of hydrogen-bond donors (Lipinski definition) is 3. The molecule has 2 aliphatic rings. The molecule has 0 radical (unpaired) electrons. The molecule has 2 heterocycles. The minimum Gasteiger partial charge on any atom is -0.364 e. The zero-order valence-corrected chi connectivity index (χ0v) is 14.8. The second kappa shape index (κ2) is 8.47. The average Bonchev–Trinajstić information content (AvgIpc) is 3.12. The number of likely N-dealkylation sites (tertiary alicyclic amines) is 1. The first-order chi connectivity index (χ1) is 12.1. The lowest BCUT2D eigenvalue weighted by Crippen LogP contribution is -2.43. The van der Waals surface area contributed by atoms with Crippen LogP contribution in [0.5, 0.6) is 0 Å². The molecule has 1 aliphatic heterocycles. The van der Waals surface area contributed by atoms with Crippen LogP contribution in [0.3, 0.4) is 0 Å². The number of rotatable bonds is 6. The summed E-state index contributed by atoms with van der Waals surface area (Å²) in [6.45, 7) is 3.00. The third kappa shape index (κ3) is 5.04. The van der Waals surface area contributed by atoms with Crippen molar-refractivity contribution < 1.29 is 9.59 Å². The summed E-state index contributed by atoms with van der Waals surface area (Å²) in [5.74, 6) is 0.524. The van der Waals surface area contributed by atoms with E-state index < -0.39 is 5.91 Å². The molecule has 1 aliphatic carbocycles. The van der Waals surface area contributed by atoms with Crippen LogP contribution in [0, 0.1) is 5.92 Å². The molecule has 3 rings (SSSR count). The van der Waals surface area contributed by atoms with Gasteiger partial charge in [-0.15, -0.1) is 0 Å². The van der Waals surface area contributed by atoms with Crippen LogP contribution in [0.15, 0.2) is 6.07 Å². The topological polar surface area (TPSA) is 104 Å². The van der Waals surface area contributed by atoms with Gasteiger partial charge < -0.3 is 11.1 Å². The Kier molecular flexibility index (Phi) is 6.07. The van der Waals surface area contributed by atoms with Crippen LogP contribution in [-0.4, -0.2) is 53.1 Å². The van der Waals surface area contributed by atoms with Crippen LogP contribution in [0.25, 0.3) is 0 Å². The normalized spacial score (nSPS) is 22.6. The number of hydrogen-bond acceptors (Lipinski definition) is 4. The Hall–Kier alpha value is -1.89. The van der Waals surface area contributed by atoms with Gasteiger partial charge in [0.05, 0.1) is 6.54 Å². The molecule has 7 heteroatoms. The number of carbonyl (C=O) groups excluding carboxylic acids is 2. The van der Waals surface area contributed by atoms with Crippen molar-refractivity contribution in [2.24, 2.45) is 11.7 Å². The number of piperidine rings is 1. The minimum absolute atomic E-state index is 0.119. The number of amides is 2. The molecule has 1 aromatic rings. The molecular formula is C18H29N5O2. The van der Waals surface area contributed by atoms with Crippen molar-refractivity contribution >= 4 is 11.8 Å². The van der Waals surface area contributed by atoms with Gasteiger partial charge >= 0.3 is 0 Å². The fraction of sp³-hybridized carbons (Fsp3) is 0.722. The number of nitrogens with two attached hydrogens (primary N) is 1. The zero-order chi connectivity index (χ0) is 17.6. The highest BCUT2D eigenvalue weighted by Gasteiger charge is 2.25. The summed E-state index contributed by atoms with van der Waals surface area (Å²) in [6.07, 6.45) is 8.48. The number of carbonyl (C=O) groups is 2. The molecule has 7 nitrogen and oxygen atoms in total. The number of H-pyrrole nitrogens is 1. The number of nitrogens with one attached hydrogen (secondary N) is 2. The first-order valence-electron chi connectivity index (χ1n) is 9.46. The maximum Gasteiger partial charge on any atom is 0.269 e. The van der Waals surface area contributed by atoms with Gasteiger partial charge in [-0.3, -0.25) is 19.6 Å². The summed E-state index contributed by atoms with van der Waals surface area (Å²) in [4.78, 5) is 25.6. The van der Waals surface area contributed by atoms with Gasteiger partial charge in [0.1, 0.15) is 5.69 Å². The highest BCUT2D eigenvalue weighted by atomic mass is 16.2. The SMILES string of the molecule is NC(=O)c1cc(C2CCCN(CC(=O)NCC3CCCCC3)C2)[nH]n1. The summed E-state index contributed by atoms with van der Waals surface area (Å²) in [5, 5.41) is 9.99. The number of nitrogens with zero attached hydrogens (tertiary/aromatic N) is 2. The Morgan fingerprint density at radius 2 is 2.04 bits per heavy atom. The van der Waals surface area contributed by atoms with E-state index in [1.165, 1.54) is 32.1 Å². The molecule has 0 aromatic carbocycles. The monoisotopic (exact) mass is 347 g/mol. The van der Waals surface area contributed by atoms with Gasteiger partial charge in [-0.2, -0.15) is 5.10 Å². The van der Waals surface area contributed by atoms with E-state index >= 15 is 0 Å². The Labute approximate surface area is 148 Å². The lowest BCUT2D eigenvalue weighted by Gasteiger charge is -2.31. The predicted molar refractivity (Wildman–Crippen MR) is 95.1 cm³/mol. The van der Waals surface area contributed by atoms with E-state index in [9.17, 15) is 9.59 Å². The van der Waals surface area contributed by atoms with Crippen molar-refractivity contribution in [1.82, 2.24) is 20.4 Å². The molecule has 1 unspecified atom stereocenters. The highest BCUT2D eigenvalue weighted by Crippen LogP contribution is 2.26. The molecule has 1 aromatic heterocycles. The van der Waals surface area contributed by atoms with E-state index in [0.717, 1.165) is 38.2 Å². The Balaban J connectivity index is 1.45. The van der Waals surface area contributed by atoms with Crippen LogP contribution in [-0.2, 0) is 4.79 Å². The molecular weight excluding hydrogens is 318 g/mol. The van der Waals surface area contributed by atoms with Crippen LogP contribution < -0.4 is 11.1 Å². The van der Waals surface area contributed by atoms with Crippen LogP contribution >= 0.6 is 0 Å². The zero-order valence-electron chi connectivity index (χ0n) is 14.8. The Bertz CT molecular complexity index is 594. The van der Waals surface area contributed by atoms with E-state index in [-0.39, 0.29) is 17.5 Å². The summed E-state index contributed by atoms with van der Waals surface area (Å²) in [5.41, 5.74) is 6.47. The molecule has 1 saturated carbocycles. The number of aromatic amines is 1. The maximum atomic E-state index is 12.3. The molecule has 0 spiro atoms. The largest absolute Gasteiger partial charge is 0.364 e. The van der Waals surface area contributed by atoms with E-state index in [4.69, 9.17) is 5.73 Å². The van der Waals surface area contributed by atoms with Gasteiger partial charge in [0, 0.05) is 24.7 Å². The van der Waals surface area contributed by atoms with Crippen molar-refractivity contribution in [1.29, 1.82) is 0 Å². The third-order valence-corrected chi connectivity index (χ3v) is 5.48. The van der Waals surface area contributed by atoms with Gasteiger partial charge in [-0.25, -0.2) is 0 Å². The first-order valence-corrected chi connectivity index (χ1v) is 9.46. The van der Waals surface area contributed by atoms with Gasteiger partial charge in [-0.1, -0.05) is 19.3 Å². The lowest BCUT2D eigenvalue weighted by molar-refractivity contribution is -0.122. The Morgan fingerprint density at radius 3 is 2.76 bits per heavy atom. The fourth-order valence-corrected chi connectivity index (χ4v) is 4.03. The molecule has 1 saturated heterocycles. The molecule has 25 heavy (non-hydrogen) atoms. The van der Waals surface area contributed by atoms with Crippen LogP contribution in [0.2, 0.25) is 0 Å². The van der Waals surface area contributed by atoms with Crippen LogP contribution in [0.4, 0.5) is 0 Å². The number of aromatic nitrogens is 2. The van der Waals surface area contributed by atoms with Gasteiger partial charge in [0.25, 0.3) is 5.91 Å². The van der Waals surface area contributed by atoms with E-state index in [1.807, 2.05) is 0 Å². The average molecular weight is 347 g/mol. The second-order valence-corrected chi connectivity index (χ2v) is 7.46. The summed E-state index contributed by atoms with van der Waals surface area (Å²) < 4.78 is 0. The summed E-state index contributed by atoms with van der Waals surface area (Å²) >= 11 is 0. The highest BCUT2D eigenvalue weighted by molar-refractivity contribution is 5.90. The van der Waals surface area contributed by atoms with E-state index in [0.29, 0.717) is 12.5 Å². The Morgan fingerprint density at radius 1 is 1.24 bits per heavy atom. The van der Waals surface area contributed by atoms with Gasteiger partial charge in [-0.05, 0) is 44.2 Å². The first kappa shape index (κ1) is 17.9. The van der Waals surface area contributed by atoms with Crippen molar-refractivity contribution in [3.05, 3.63) is 17.5 Å². The molecule has 4 N–H and O–H groups in total. The maximum absolute atomic E-state index is 12.3. The smallest absolute Gasteiger partial charge is 0.269 e. The molecule has 2 fully saturated rings. The minimum atomic E-state index is -0.516. The second-order valence-electron chi connectivity index (χ2n) is 7.46. The predicted octanol–water partition coefficient (Wildman–Crippen LogP) is 1.38. The molecule has 1 atom stereocenters. The standard InChI is InChI=1S/C18H29N5O2/c19-18(25)16-9-15(21-22-16)14-7-4-8-23(11-14)12-17(24)20-10-13-5-2-1-3-6-13/h9,13-14H,1-8,10-12H2,(H2,19,25)(H,20,24)(H,21,22). The fourth-order valence-electron chi connectivity index (χ4n) is 4.03. The van der Waals surface area contributed by atoms with Crippen molar-refractivity contribution in [2.45, 2.75) is 50.9 Å². The van der Waals surface area contributed by atoms with Crippen molar-refractivity contribution in [3.63, 3.8) is 0 Å². The van der Waals surface area contributed by atoms with Gasteiger partial charge in [0.2, 0.25) is 5.91 Å². The van der Waals surface area contributed by atoms with Crippen molar-refractivity contribution in [3.8, 4) is 0 Å². The summed E-state index contributed by atoms with van der Waals surface area (Å²) in [6, 6.07) is 1.74. The summed E-state index contributed by atoms with van der Waals surface area (Å²) in [7, 11) is 0. The molecule has 2 amide bonds. The third-order valence-electron chi connectivity index (χ3n) is 5.48. The quantitative estimate of drug-likeness (QED) is 0.723.